The van der Waals surface area contributed by atoms with E-state index >= 15 is 0 Å². The maximum atomic E-state index is 11.9. The Kier molecular flexibility index (Phi) is 6.42. The van der Waals surface area contributed by atoms with Crippen molar-refractivity contribution >= 4 is 6.09 Å². The van der Waals surface area contributed by atoms with E-state index in [1.807, 2.05) is 36.4 Å². The highest BCUT2D eigenvalue weighted by Gasteiger charge is 2.40. The Bertz CT molecular complexity index is 747. The summed E-state index contributed by atoms with van der Waals surface area (Å²) < 4.78 is 0. The van der Waals surface area contributed by atoms with Gasteiger partial charge in [0.1, 0.15) is 0 Å². The zero-order valence-corrected chi connectivity index (χ0v) is 15.4. The maximum Gasteiger partial charge on any atom is 0.404 e. The van der Waals surface area contributed by atoms with E-state index in [0.29, 0.717) is 19.4 Å². The molecule has 1 saturated heterocycles. The Morgan fingerprint density at radius 3 is 2.74 bits per heavy atom. The van der Waals surface area contributed by atoms with Gasteiger partial charge < -0.3 is 20.8 Å². The van der Waals surface area contributed by atoms with Crippen LogP contribution in [-0.4, -0.2) is 40.9 Å². The van der Waals surface area contributed by atoms with Crippen LogP contribution >= 0.6 is 0 Å². The van der Waals surface area contributed by atoms with Crippen molar-refractivity contribution in [1.82, 2.24) is 15.6 Å². The molecule has 2 atom stereocenters. The molecule has 4 N–H and O–H groups in total. The van der Waals surface area contributed by atoms with Crippen LogP contribution in [0.15, 0.2) is 48.8 Å². The minimum absolute atomic E-state index is 0.0825. The van der Waals surface area contributed by atoms with Gasteiger partial charge in [0, 0.05) is 31.4 Å². The molecule has 6 heteroatoms. The van der Waals surface area contributed by atoms with Crippen molar-refractivity contribution in [3.05, 3.63) is 54.4 Å². The molecular weight excluding hydrogens is 342 g/mol. The second-order valence-corrected chi connectivity index (χ2v) is 7.08. The standard InChI is InChI=1S/C21H27N3O3/c25-20(26)24-12-4-10-21(27,17-5-3-11-23-15-17)19-7-2-1-6-18(19)16-8-13-22-14-9-16/h1-2,6-9,13-14,17,23-24,27H,3-5,10-12,15H2,(H,25,26). The highest BCUT2D eigenvalue weighted by Crippen LogP contribution is 2.42. The lowest BCUT2D eigenvalue weighted by Crippen LogP contribution is -2.45. The number of rotatable bonds is 7. The van der Waals surface area contributed by atoms with Gasteiger partial charge in [-0.05, 0) is 61.1 Å². The van der Waals surface area contributed by atoms with Crippen LogP contribution in [0.25, 0.3) is 11.1 Å². The summed E-state index contributed by atoms with van der Waals surface area (Å²) in [5, 5.41) is 26.5. The maximum absolute atomic E-state index is 11.9. The lowest BCUT2D eigenvalue weighted by molar-refractivity contribution is -0.0415. The number of piperidine rings is 1. The van der Waals surface area contributed by atoms with E-state index in [4.69, 9.17) is 5.11 Å². The number of hydrogen-bond donors (Lipinski definition) is 4. The Balaban J connectivity index is 1.94. The predicted octanol–water partition coefficient (Wildman–Crippen LogP) is 2.98. The minimum atomic E-state index is -1.03. The number of aromatic nitrogens is 1. The zero-order chi connectivity index (χ0) is 19.1. The van der Waals surface area contributed by atoms with Crippen LogP contribution in [0.5, 0.6) is 0 Å². The molecule has 0 radical (unpaired) electrons. The summed E-state index contributed by atoms with van der Waals surface area (Å²) in [4.78, 5) is 14.8. The molecule has 1 aromatic carbocycles. The van der Waals surface area contributed by atoms with Crippen molar-refractivity contribution in [1.29, 1.82) is 0 Å². The van der Waals surface area contributed by atoms with Crippen molar-refractivity contribution in [3.63, 3.8) is 0 Å². The fourth-order valence-corrected chi connectivity index (χ4v) is 4.02. The van der Waals surface area contributed by atoms with Gasteiger partial charge in [-0.2, -0.15) is 0 Å². The second-order valence-electron chi connectivity index (χ2n) is 7.08. The molecule has 2 heterocycles. The first-order valence-corrected chi connectivity index (χ1v) is 9.51. The first kappa shape index (κ1) is 19.3. The lowest BCUT2D eigenvalue weighted by atomic mass is 9.72. The summed E-state index contributed by atoms with van der Waals surface area (Å²) in [6.07, 6.45) is 5.52. The van der Waals surface area contributed by atoms with Gasteiger partial charge in [-0.15, -0.1) is 0 Å². The van der Waals surface area contributed by atoms with Crippen molar-refractivity contribution in [2.24, 2.45) is 5.92 Å². The second kappa shape index (κ2) is 8.97. The van der Waals surface area contributed by atoms with Gasteiger partial charge >= 0.3 is 6.09 Å². The highest BCUT2D eigenvalue weighted by molar-refractivity contribution is 5.68. The number of nitrogens with one attached hydrogen (secondary N) is 2. The minimum Gasteiger partial charge on any atom is -0.465 e. The van der Waals surface area contributed by atoms with Crippen LogP contribution in [0.2, 0.25) is 0 Å². The van der Waals surface area contributed by atoms with Gasteiger partial charge in [0.2, 0.25) is 0 Å². The van der Waals surface area contributed by atoms with E-state index in [1.54, 1.807) is 12.4 Å². The van der Waals surface area contributed by atoms with Crippen molar-refractivity contribution in [2.45, 2.75) is 31.3 Å². The summed E-state index contributed by atoms with van der Waals surface area (Å²) in [5.41, 5.74) is 1.90. The number of amides is 1. The van der Waals surface area contributed by atoms with Crippen LogP contribution in [0, 0.1) is 5.92 Å². The topological polar surface area (TPSA) is 94.5 Å². The monoisotopic (exact) mass is 369 g/mol. The van der Waals surface area contributed by atoms with Crippen molar-refractivity contribution in [2.75, 3.05) is 19.6 Å². The van der Waals surface area contributed by atoms with Gasteiger partial charge in [0.05, 0.1) is 5.60 Å². The molecule has 27 heavy (non-hydrogen) atoms. The molecule has 0 spiro atoms. The zero-order valence-electron chi connectivity index (χ0n) is 15.4. The summed E-state index contributed by atoms with van der Waals surface area (Å²) in [6.45, 7) is 2.06. The number of carboxylic acid groups (broad SMARTS) is 1. The molecule has 3 rings (SSSR count). The van der Waals surface area contributed by atoms with Gasteiger partial charge in [-0.1, -0.05) is 24.3 Å². The van der Waals surface area contributed by atoms with Crippen LogP contribution in [0.3, 0.4) is 0 Å². The average molecular weight is 369 g/mol. The molecule has 1 aliphatic rings. The molecule has 0 aliphatic carbocycles. The Morgan fingerprint density at radius 1 is 1.26 bits per heavy atom. The van der Waals surface area contributed by atoms with Gasteiger partial charge in [-0.3, -0.25) is 4.98 Å². The lowest BCUT2D eigenvalue weighted by Gasteiger charge is -2.40. The summed E-state index contributed by atoms with van der Waals surface area (Å²) in [5.74, 6) is 0.0825. The third-order valence-electron chi connectivity index (χ3n) is 5.37. The highest BCUT2D eigenvalue weighted by atomic mass is 16.4. The molecule has 1 fully saturated rings. The van der Waals surface area contributed by atoms with Gasteiger partial charge in [0.25, 0.3) is 0 Å². The smallest absolute Gasteiger partial charge is 0.404 e. The normalized spacial score (nSPS) is 19.2. The molecule has 144 valence electrons. The summed E-state index contributed by atoms with van der Waals surface area (Å²) in [6, 6.07) is 11.9. The van der Waals surface area contributed by atoms with E-state index in [0.717, 1.165) is 42.6 Å². The number of nitrogens with zero attached hydrogens (tertiary/aromatic N) is 1. The number of benzene rings is 1. The Labute approximate surface area is 159 Å². The molecule has 1 amide bonds. The number of aliphatic hydroxyl groups is 1. The van der Waals surface area contributed by atoms with E-state index in [2.05, 4.69) is 15.6 Å². The average Bonchev–Trinajstić information content (AvgIpc) is 2.72. The SMILES string of the molecule is O=C(O)NCCCC(O)(c1ccccc1-c1ccncc1)C1CCCNC1. The van der Waals surface area contributed by atoms with Crippen LogP contribution in [-0.2, 0) is 5.60 Å². The van der Waals surface area contributed by atoms with Crippen LogP contribution < -0.4 is 10.6 Å². The molecule has 6 nitrogen and oxygen atoms in total. The van der Waals surface area contributed by atoms with Gasteiger partial charge in [0.15, 0.2) is 0 Å². The Hall–Kier alpha value is -2.44. The van der Waals surface area contributed by atoms with E-state index < -0.39 is 11.7 Å². The third-order valence-corrected chi connectivity index (χ3v) is 5.37. The van der Waals surface area contributed by atoms with E-state index in [-0.39, 0.29) is 5.92 Å². The van der Waals surface area contributed by atoms with Crippen molar-refractivity contribution < 1.29 is 15.0 Å². The number of pyridine rings is 1. The molecule has 2 aromatic rings. The van der Waals surface area contributed by atoms with E-state index in [1.165, 1.54) is 0 Å². The molecule has 1 aromatic heterocycles. The first-order valence-electron chi connectivity index (χ1n) is 9.51. The number of hydrogen-bond acceptors (Lipinski definition) is 4. The fraction of sp³-hybridized carbons (Fsp3) is 0.429. The molecule has 2 unspecified atom stereocenters. The third kappa shape index (κ3) is 4.64. The largest absolute Gasteiger partial charge is 0.465 e. The van der Waals surface area contributed by atoms with Crippen LogP contribution in [0.1, 0.15) is 31.2 Å². The quantitative estimate of drug-likeness (QED) is 0.563. The summed E-state index contributed by atoms with van der Waals surface area (Å²) >= 11 is 0. The first-order chi connectivity index (χ1) is 13.1. The number of carbonyl (C=O) groups is 1. The predicted molar refractivity (Wildman–Crippen MR) is 104 cm³/mol. The molecule has 1 aliphatic heterocycles. The molecule has 0 saturated carbocycles. The molecule has 0 bridgehead atoms. The summed E-state index contributed by atoms with van der Waals surface area (Å²) in [7, 11) is 0. The van der Waals surface area contributed by atoms with Crippen LogP contribution in [0.4, 0.5) is 4.79 Å². The Morgan fingerprint density at radius 2 is 2.04 bits per heavy atom. The van der Waals surface area contributed by atoms with E-state index in [9.17, 15) is 9.90 Å². The molecular formula is C21H27N3O3. The fourth-order valence-electron chi connectivity index (χ4n) is 4.02. The van der Waals surface area contributed by atoms with Gasteiger partial charge in [-0.25, -0.2) is 4.79 Å². The van der Waals surface area contributed by atoms with Crippen molar-refractivity contribution in [3.8, 4) is 11.1 Å².